The number of unbranched alkanes of at least 4 members (excludes halogenated alkanes) is 23. The minimum atomic E-state index is 0.189. The molecular weight excluding hydrogens is 366 g/mol. The topological polar surface area (TPSA) is 29.1 Å². The molecule has 2 nitrogen and oxygen atoms in total. The van der Waals surface area contributed by atoms with Gasteiger partial charge in [-0.25, -0.2) is 0 Å². The summed E-state index contributed by atoms with van der Waals surface area (Å²) < 4.78 is 0. The molecule has 0 rings (SSSR count). The number of nitrogens with one attached hydrogen (secondary N) is 1. The Kier molecular flexibility index (Phi) is 26.0. The van der Waals surface area contributed by atoms with Crippen LogP contribution in [0.15, 0.2) is 0 Å². The molecule has 180 valence electrons. The third-order valence-electron chi connectivity index (χ3n) is 6.54. The predicted molar refractivity (Wildman–Crippen MR) is 135 cm³/mol. The van der Waals surface area contributed by atoms with Crippen molar-refractivity contribution in [2.45, 2.75) is 167 Å². The van der Waals surface area contributed by atoms with Gasteiger partial charge in [0.25, 0.3) is 0 Å². The van der Waals surface area contributed by atoms with Crippen LogP contribution < -0.4 is 5.32 Å². The summed E-state index contributed by atoms with van der Waals surface area (Å²) in [4.78, 5) is 11.1. The third kappa shape index (κ3) is 25.5. The van der Waals surface area contributed by atoms with Crippen molar-refractivity contribution in [3.63, 3.8) is 0 Å². The zero-order valence-electron chi connectivity index (χ0n) is 21.1. The molecular formula is C28H57NO. The van der Waals surface area contributed by atoms with Crippen LogP contribution in [0.2, 0.25) is 0 Å². The van der Waals surface area contributed by atoms with E-state index in [0.29, 0.717) is 6.42 Å². The van der Waals surface area contributed by atoms with Gasteiger partial charge in [0.05, 0.1) is 0 Å². The first kappa shape index (κ1) is 29.5. The molecule has 0 radical (unpaired) electrons. The fraction of sp³-hybridized carbons (Fsp3) is 0.964. The van der Waals surface area contributed by atoms with Gasteiger partial charge >= 0.3 is 0 Å². The molecule has 0 saturated carbocycles. The van der Waals surface area contributed by atoms with E-state index < -0.39 is 0 Å². The molecule has 0 heterocycles. The Morgan fingerprint density at radius 2 is 0.667 bits per heavy atom. The van der Waals surface area contributed by atoms with E-state index in [1.54, 1.807) is 7.05 Å². The fourth-order valence-corrected chi connectivity index (χ4v) is 4.37. The summed E-state index contributed by atoms with van der Waals surface area (Å²) in [5.41, 5.74) is 0. The van der Waals surface area contributed by atoms with Crippen molar-refractivity contribution in [2.75, 3.05) is 7.05 Å². The summed E-state index contributed by atoms with van der Waals surface area (Å²) in [6.45, 7) is 2.30. The van der Waals surface area contributed by atoms with Crippen LogP contribution in [-0.4, -0.2) is 13.0 Å². The highest BCUT2D eigenvalue weighted by Crippen LogP contribution is 2.15. The summed E-state index contributed by atoms with van der Waals surface area (Å²) in [7, 11) is 1.72. The maximum absolute atomic E-state index is 11.1. The van der Waals surface area contributed by atoms with Crippen molar-refractivity contribution in [1.82, 2.24) is 5.32 Å². The predicted octanol–water partition coefficient (Wildman–Crippen LogP) is 9.50. The van der Waals surface area contributed by atoms with Crippen LogP contribution >= 0.6 is 0 Å². The van der Waals surface area contributed by atoms with Gasteiger partial charge in [0.15, 0.2) is 0 Å². The zero-order chi connectivity index (χ0) is 22.0. The second-order valence-corrected chi connectivity index (χ2v) is 9.55. The van der Waals surface area contributed by atoms with Crippen molar-refractivity contribution in [3.8, 4) is 0 Å². The van der Waals surface area contributed by atoms with E-state index >= 15 is 0 Å². The maximum atomic E-state index is 11.1. The first-order chi connectivity index (χ1) is 14.8. The van der Waals surface area contributed by atoms with E-state index in [0.717, 1.165) is 6.42 Å². The van der Waals surface area contributed by atoms with Gasteiger partial charge in [-0.3, -0.25) is 4.79 Å². The molecule has 0 aliphatic carbocycles. The van der Waals surface area contributed by atoms with E-state index in [4.69, 9.17) is 0 Å². The number of rotatable bonds is 25. The van der Waals surface area contributed by atoms with Crippen LogP contribution in [0.3, 0.4) is 0 Å². The highest BCUT2D eigenvalue weighted by atomic mass is 16.1. The molecule has 0 fully saturated rings. The summed E-state index contributed by atoms with van der Waals surface area (Å²) in [6.07, 6.45) is 34.6. The number of carbonyl (C=O) groups is 1. The molecule has 1 amide bonds. The summed E-state index contributed by atoms with van der Waals surface area (Å²) >= 11 is 0. The Labute approximate surface area is 190 Å². The summed E-state index contributed by atoms with van der Waals surface area (Å²) in [5.74, 6) is 0.189. The van der Waals surface area contributed by atoms with Crippen molar-refractivity contribution >= 4 is 5.91 Å². The highest BCUT2D eigenvalue weighted by Gasteiger charge is 1.98. The second-order valence-electron chi connectivity index (χ2n) is 9.55. The average Bonchev–Trinajstić information content (AvgIpc) is 2.76. The lowest BCUT2D eigenvalue weighted by Crippen LogP contribution is -2.16. The molecule has 2 heteroatoms. The molecule has 0 saturated heterocycles. The van der Waals surface area contributed by atoms with Crippen molar-refractivity contribution < 1.29 is 4.79 Å². The van der Waals surface area contributed by atoms with Crippen molar-refractivity contribution in [3.05, 3.63) is 0 Å². The Morgan fingerprint density at radius 1 is 0.433 bits per heavy atom. The molecule has 0 aromatic rings. The minimum absolute atomic E-state index is 0.189. The molecule has 0 spiro atoms. The van der Waals surface area contributed by atoms with Gasteiger partial charge in [0, 0.05) is 13.5 Å². The minimum Gasteiger partial charge on any atom is -0.359 e. The fourth-order valence-electron chi connectivity index (χ4n) is 4.37. The summed E-state index contributed by atoms with van der Waals surface area (Å²) in [6, 6.07) is 0. The lowest BCUT2D eigenvalue weighted by molar-refractivity contribution is -0.120. The van der Waals surface area contributed by atoms with Gasteiger partial charge in [-0.05, 0) is 6.42 Å². The van der Waals surface area contributed by atoms with Gasteiger partial charge < -0.3 is 5.32 Å². The van der Waals surface area contributed by atoms with Crippen LogP contribution in [0.4, 0.5) is 0 Å². The number of hydrogen-bond donors (Lipinski definition) is 1. The second kappa shape index (κ2) is 26.5. The van der Waals surface area contributed by atoms with Gasteiger partial charge in [-0.15, -0.1) is 0 Å². The smallest absolute Gasteiger partial charge is 0.219 e. The van der Waals surface area contributed by atoms with E-state index in [1.807, 2.05) is 0 Å². The van der Waals surface area contributed by atoms with E-state index in [9.17, 15) is 4.79 Å². The molecule has 0 aromatic heterocycles. The molecule has 0 bridgehead atoms. The highest BCUT2D eigenvalue weighted by molar-refractivity contribution is 5.75. The quantitative estimate of drug-likeness (QED) is 0.145. The van der Waals surface area contributed by atoms with Crippen molar-refractivity contribution in [2.24, 2.45) is 0 Å². The van der Waals surface area contributed by atoms with E-state index in [2.05, 4.69) is 12.2 Å². The number of hydrogen-bond acceptors (Lipinski definition) is 1. The van der Waals surface area contributed by atoms with Gasteiger partial charge in [0.2, 0.25) is 5.91 Å². The molecule has 30 heavy (non-hydrogen) atoms. The first-order valence-corrected chi connectivity index (χ1v) is 14.0. The van der Waals surface area contributed by atoms with E-state index in [-0.39, 0.29) is 5.91 Å². The third-order valence-corrected chi connectivity index (χ3v) is 6.54. The van der Waals surface area contributed by atoms with Gasteiger partial charge in [0.1, 0.15) is 0 Å². The largest absolute Gasteiger partial charge is 0.359 e. The molecule has 0 aliphatic heterocycles. The van der Waals surface area contributed by atoms with Crippen LogP contribution in [0.25, 0.3) is 0 Å². The molecule has 0 aromatic carbocycles. The lowest BCUT2D eigenvalue weighted by atomic mass is 10.0. The van der Waals surface area contributed by atoms with Crippen LogP contribution in [0, 0.1) is 0 Å². The van der Waals surface area contributed by atoms with Gasteiger partial charge in [-0.2, -0.15) is 0 Å². The van der Waals surface area contributed by atoms with Gasteiger partial charge in [-0.1, -0.05) is 155 Å². The summed E-state index contributed by atoms with van der Waals surface area (Å²) in [5, 5.41) is 2.69. The molecule has 1 N–H and O–H groups in total. The lowest BCUT2D eigenvalue weighted by Gasteiger charge is -2.04. The molecule has 0 atom stereocenters. The van der Waals surface area contributed by atoms with Crippen molar-refractivity contribution in [1.29, 1.82) is 0 Å². The zero-order valence-corrected chi connectivity index (χ0v) is 21.1. The Hall–Kier alpha value is -0.530. The van der Waals surface area contributed by atoms with Crippen LogP contribution in [0.1, 0.15) is 167 Å². The van der Waals surface area contributed by atoms with E-state index in [1.165, 1.54) is 148 Å². The average molecular weight is 424 g/mol. The molecule has 0 unspecified atom stereocenters. The Bertz CT molecular complexity index is 329. The number of amides is 1. The molecule has 0 aliphatic rings. The maximum Gasteiger partial charge on any atom is 0.219 e. The SMILES string of the molecule is CCCCCCCCCCCCCCCCCCCCCCCCCCC(=O)NC. The Morgan fingerprint density at radius 3 is 0.900 bits per heavy atom. The van der Waals surface area contributed by atoms with Crippen LogP contribution in [-0.2, 0) is 4.79 Å². The first-order valence-electron chi connectivity index (χ1n) is 14.0. The number of carbonyl (C=O) groups excluding carboxylic acids is 1. The standard InChI is InChI=1S/C28H57NO/c1-3-4-5-6-7-8-9-10-11-12-13-14-15-16-17-18-19-20-21-22-23-24-25-26-27-28(30)29-2/h3-27H2,1-2H3,(H,29,30). The Balaban J connectivity index is 3.01. The monoisotopic (exact) mass is 423 g/mol. The van der Waals surface area contributed by atoms with Crippen LogP contribution in [0.5, 0.6) is 0 Å². The normalized spacial score (nSPS) is 11.1.